The van der Waals surface area contributed by atoms with Gasteiger partial charge in [0.05, 0.1) is 25.2 Å². The third-order valence-corrected chi connectivity index (χ3v) is 6.22. The fraction of sp³-hybridized carbons (Fsp3) is 0.345. The lowest BCUT2D eigenvalue weighted by molar-refractivity contribution is -0.144. The number of nitriles is 1. The molecular weight excluding hydrogens is 468 g/mol. The summed E-state index contributed by atoms with van der Waals surface area (Å²) in [5, 5.41) is 15.6. The van der Waals surface area contributed by atoms with Crippen LogP contribution in [0.3, 0.4) is 0 Å². The molecule has 0 saturated heterocycles. The number of aryl methyl sites for hydroxylation is 1. The van der Waals surface area contributed by atoms with Gasteiger partial charge in [0.15, 0.2) is 0 Å². The minimum Gasteiger partial charge on any atom is -0.492 e. The molecule has 2 heterocycles. The van der Waals surface area contributed by atoms with E-state index in [1.807, 2.05) is 44.2 Å². The Balaban J connectivity index is 1.37. The molecular formula is C29H28N4O4. The van der Waals surface area contributed by atoms with Crippen molar-refractivity contribution < 1.29 is 18.8 Å². The second kappa shape index (κ2) is 10.8. The number of hydrogen-bond acceptors (Lipinski definition) is 8. The van der Waals surface area contributed by atoms with Gasteiger partial charge in [-0.05, 0) is 54.3 Å². The lowest BCUT2D eigenvalue weighted by atomic mass is 10.0. The third kappa shape index (κ3) is 5.78. The number of aromatic nitrogens is 3. The second-order valence-electron chi connectivity index (χ2n) is 9.74. The second-order valence-corrected chi connectivity index (χ2v) is 9.74. The van der Waals surface area contributed by atoms with Gasteiger partial charge in [-0.15, -0.1) is 0 Å². The maximum atomic E-state index is 12.1. The van der Waals surface area contributed by atoms with E-state index in [9.17, 15) is 10.1 Å². The molecule has 0 aliphatic heterocycles. The molecule has 4 aromatic rings. The summed E-state index contributed by atoms with van der Waals surface area (Å²) >= 11 is 0. The van der Waals surface area contributed by atoms with Gasteiger partial charge >= 0.3 is 5.97 Å². The fourth-order valence-corrected chi connectivity index (χ4v) is 4.03. The number of nitrogens with zero attached hydrogens (tertiary/aromatic N) is 4. The van der Waals surface area contributed by atoms with E-state index in [2.05, 4.69) is 21.2 Å². The van der Waals surface area contributed by atoms with E-state index in [0.717, 1.165) is 22.0 Å². The quantitative estimate of drug-likeness (QED) is 0.255. The molecule has 0 unspecified atom stereocenters. The molecule has 5 rings (SSSR count). The molecule has 0 N–H and O–H groups in total. The standard InChI is InChI=1S/C29H28N4O4/c1-18(2)16-36-27(34)11-9-25-23-4-3-5-24(22(23)12-13-31-25)28-32-29(37-33-28)20-8-10-26(21(14-20)15-30)35-17-19-6-7-19/h3-5,8,10,12-14,18-19H,6-7,9,11,16-17H2,1-2H3. The highest BCUT2D eigenvalue weighted by Crippen LogP contribution is 2.33. The van der Waals surface area contributed by atoms with Crippen molar-refractivity contribution in [2.45, 2.75) is 39.5 Å². The summed E-state index contributed by atoms with van der Waals surface area (Å²) in [6.07, 6.45) is 4.82. The van der Waals surface area contributed by atoms with Gasteiger partial charge < -0.3 is 14.0 Å². The number of hydrogen-bond donors (Lipinski definition) is 0. The van der Waals surface area contributed by atoms with Crippen molar-refractivity contribution >= 4 is 16.7 Å². The first-order valence-electron chi connectivity index (χ1n) is 12.6. The maximum absolute atomic E-state index is 12.1. The Morgan fingerprint density at radius 2 is 2.05 bits per heavy atom. The van der Waals surface area contributed by atoms with Crippen molar-refractivity contribution in [2.75, 3.05) is 13.2 Å². The van der Waals surface area contributed by atoms with E-state index in [1.165, 1.54) is 12.8 Å². The average molecular weight is 497 g/mol. The number of ether oxygens (including phenoxy) is 2. The highest BCUT2D eigenvalue weighted by molar-refractivity contribution is 5.96. The van der Waals surface area contributed by atoms with Crippen LogP contribution in [-0.2, 0) is 16.0 Å². The Bertz CT molecular complexity index is 1470. The van der Waals surface area contributed by atoms with E-state index in [1.54, 1.807) is 18.3 Å². The zero-order valence-electron chi connectivity index (χ0n) is 20.9. The van der Waals surface area contributed by atoms with E-state index in [0.29, 0.717) is 60.1 Å². The Morgan fingerprint density at radius 1 is 1.19 bits per heavy atom. The molecule has 1 saturated carbocycles. The van der Waals surface area contributed by atoms with Crippen molar-refractivity contribution in [3.63, 3.8) is 0 Å². The number of fused-ring (bicyclic) bond motifs is 1. The minimum absolute atomic E-state index is 0.229. The van der Waals surface area contributed by atoms with E-state index < -0.39 is 0 Å². The monoisotopic (exact) mass is 496 g/mol. The van der Waals surface area contributed by atoms with Crippen LogP contribution in [0, 0.1) is 23.2 Å². The lowest BCUT2D eigenvalue weighted by Gasteiger charge is -2.09. The van der Waals surface area contributed by atoms with Crippen molar-refractivity contribution in [1.82, 2.24) is 15.1 Å². The van der Waals surface area contributed by atoms with Crippen LogP contribution in [0.15, 0.2) is 53.2 Å². The van der Waals surface area contributed by atoms with Crippen LogP contribution in [0.2, 0.25) is 0 Å². The van der Waals surface area contributed by atoms with Crippen molar-refractivity contribution in [2.24, 2.45) is 11.8 Å². The lowest BCUT2D eigenvalue weighted by Crippen LogP contribution is -2.11. The highest BCUT2D eigenvalue weighted by atomic mass is 16.5. The first-order chi connectivity index (χ1) is 18.0. The highest BCUT2D eigenvalue weighted by Gasteiger charge is 2.23. The molecule has 0 atom stereocenters. The summed E-state index contributed by atoms with van der Waals surface area (Å²) < 4.78 is 16.7. The largest absolute Gasteiger partial charge is 0.492 e. The SMILES string of the molecule is CC(C)COC(=O)CCc1nccc2c(-c3noc(-c4ccc(OCC5CC5)c(C#N)c4)n3)cccc12. The van der Waals surface area contributed by atoms with Gasteiger partial charge in [0.1, 0.15) is 11.8 Å². The van der Waals surface area contributed by atoms with Gasteiger partial charge in [-0.1, -0.05) is 37.2 Å². The van der Waals surface area contributed by atoms with Crippen LogP contribution in [0.5, 0.6) is 5.75 Å². The van der Waals surface area contributed by atoms with E-state index >= 15 is 0 Å². The number of carbonyl (C=O) groups is 1. The summed E-state index contributed by atoms with van der Waals surface area (Å²) in [5.41, 5.74) is 2.69. The van der Waals surface area contributed by atoms with Crippen LogP contribution < -0.4 is 4.74 Å². The Morgan fingerprint density at radius 3 is 2.84 bits per heavy atom. The van der Waals surface area contributed by atoms with E-state index in [4.69, 9.17) is 14.0 Å². The first-order valence-corrected chi connectivity index (χ1v) is 12.6. The topological polar surface area (TPSA) is 111 Å². The molecule has 8 heteroatoms. The molecule has 2 aromatic carbocycles. The first kappa shape index (κ1) is 24.4. The van der Waals surface area contributed by atoms with Crippen LogP contribution in [0.25, 0.3) is 33.6 Å². The van der Waals surface area contributed by atoms with Crippen LogP contribution >= 0.6 is 0 Å². The molecule has 0 radical (unpaired) electrons. The van der Waals surface area contributed by atoms with Gasteiger partial charge in [-0.25, -0.2) is 0 Å². The molecule has 1 aliphatic rings. The summed E-state index contributed by atoms with van der Waals surface area (Å²) in [6, 6.07) is 15.2. The summed E-state index contributed by atoms with van der Waals surface area (Å²) in [6.45, 7) is 5.06. The van der Waals surface area contributed by atoms with Gasteiger partial charge in [-0.2, -0.15) is 10.2 Å². The van der Waals surface area contributed by atoms with Crippen LogP contribution in [-0.4, -0.2) is 34.3 Å². The number of pyridine rings is 1. The molecule has 1 aliphatic carbocycles. The van der Waals surface area contributed by atoms with Crippen LogP contribution in [0.4, 0.5) is 0 Å². The predicted molar refractivity (Wildman–Crippen MR) is 138 cm³/mol. The molecule has 188 valence electrons. The van der Waals surface area contributed by atoms with Crippen molar-refractivity contribution in [1.29, 1.82) is 5.26 Å². The number of carbonyl (C=O) groups excluding carboxylic acids is 1. The Kier molecular flexibility index (Phi) is 7.13. The number of benzene rings is 2. The van der Waals surface area contributed by atoms with E-state index in [-0.39, 0.29) is 12.4 Å². The van der Waals surface area contributed by atoms with Crippen LogP contribution in [0.1, 0.15) is 44.4 Å². The van der Waals surface area contributed by atoms with Gasteiger partial charge in [0.25, 0.3) is 5.89 Å². The van der Waals surface area contributed by atoms with Crippen molar-refractivity contribution in [3.05, 3.63) is 59.9 Å². The van der Waals surface area contributed by atoms with Gasteiger partial charge in [0.2, 0.25) is 5.82 Å². The average Bonchev–Trinajstić information content (AvgIpc) is 3.62. The molecule has 8 nitrogen and oxygen atoms in total. The normalized spacial score (nSPS) is 13.0. The molecule has 0 amide bonds. The zero-order chi connectivity index (χ0) is 25.8. The smallest absolute Gasteiger partial charge is 0.306 e. The van der Waals surface area contributed by atoms with Crippen molar-refractivity contribution in [3.8, 4) is 34.7 Å². The molecule has 0 bridgehead atoms. The maximum Gasteiger partial charge on any atom is 0.306 e. The summed E-state index contributed by atoms with van der Waals surface area (Å²) in [5.74, 6) is 1.99. The van der Waals surface area contributed by atoms with Gasteiger partial charge in [-0.3, -0.25) is 9.78 Å². The Labute approximate surface area is 215 Å². The number of rotatable bonds is 10. The Hall–Kier alpha value is -4.25. The van der Waals surface area contributed by atoms with Gasteiger partial charge in [0, 0.05) is 34.8 Å². The summed E-state index contributed by atoms with van der Waals surface area (Å²) in [7, 11) is 0. The summed E-state index contributed by atoms with van der Waals surface area (Å²) in [4.78, 5) is 21.2. The predicted octanol–water partition coefficient (Wildman–Crippen LogP) is 5.74. The molecule has 0 spiro atoms. The zero-order valence-corrected chi connectivity index (χ0v) is 20.9. The molecule has 37 heavy (non-hydrogen) atoms. The third-order valence-electron chi connectivity index (χ3n) is 6.22. The fourth-order valence-electron chi connectivity index (χ4n) is 4.03. The minimum atomic E-state index is -0.229. The number of esters is 1. The molecule has 1 fully saturated rings. The molecule has 2 aromatic heterocycles.